The van der Waals surface area contributed by atoms with Crippen LogP contribution < -0.4 is 5.32 Å². The van der Waals surface area contributed by atoms with Crippen molar-refractivity contribution in [2.75, 3.05) is 11.9 Å². The summed E-state index contributed by atoms with van der Waals surface area (Å²) in [5.41, 5.74) is 2.01. The zero-order valence-corrected chi connectivity index (χ0v) is 8.21. The molecule has 0 saturated heterocycles. The van der Waals surface area contributed by atoms with E-state index in [2.05, 4.69) is 5.32 Å². The second kappa shape index (κ2) is 3.50. The monoisotopic (exact) mass is 211 g/mol. The van der Waals surface area contributed by atoms with Gasteiger partial charge in [-0.05, 0) is 23.8 Å². The first-order valence-corrected chi connectivity index (χ1v) is 4.79. The average Bonchev–Trinajstić information content (AvgIpc) is 2.47. The number of rotatable bonds is 2. The standard InChI is InChI=1S/C10H10ClNO2/c11-7-1-2-9-8(4-7)6(5-12-9)3-10(13)14/h1-2,4,6,12H,3,5H2,(H,13,14). The Labute approximate surface area is 86.7 Å². The summed E-state index contributed by atoms with van der Waals surface area (Å²) in [5, 5.41) is 12.5. The maximum atomic E-state index is 10.6. The largest absolute Gasteiger partial charge is 0.481 e. The zero-order valence-electron chi connectivity index (χ0n) is 7.46. The molecule has 0 spiro atoms. The lowest BCUT2D eigenvalue weighted by Crippen LogP contribution is -2.07. The zero-order chi connectivity index (χ0) is 10.1. The SMILES string of the molecule is O=C(O)CC1CNc2ccc(Cl)cc21. The first-order valence-electron chi connectivity index (χ1n) is 4.42. The summed E-state index contributed by atoms with van der Waals surface area (Å²) < 4.78 is 0. The number of hydrogen-bond acceptors (Lipinski definition) is 2. The summed E-state index contributed by atoms with van der Waals surface area (Å²) in [5.74, 6) is -0.731. The van der Waals surface area contributed by atoms with E-state index >= 15 is 0 Å². The summed E-state index contributed by atoms with van der Waals surface area (Å²) in [4.78, 5) is 10.6. The first-order chi connectivity index (χ1) is 6.66. The fourth-order valence-corrected chi connectivity index (χ4v) is 1.95. The highest BCUT2D eigenvalue weighted by atomic mass is 35.5. The normalized spacial score (nSPS) is 18.8. The van der Waals surface area contributed by atoms with E-state index in [4.69, 9.17) is 16.7 Å². The summed E-state index contributed by atoms with van der Waals surface area (Å²) in [6, 6.07) is 5.53. The topological polar surface area (TPSA) is 49.3 Å². The lowest BCUT2D eigenvalue weighted by atomic mass is 9.98. The molecule has 4 heteroatoms. The third-order valence-corrected chi connectivity index (χ3v) is 2.65. The molecule has 14 heavy (non-hydrogen) atoms. The van der Waals surface area contributed by atoms with Crippen LogP contribution in [0.1, 0.15) is 17.9 Å². The molecule has 0 aromatic heterocycles. The number of carbonyl (C=O) groups is 1. The fourth-order valence-electron chi connectivity index (χ4n) is 1.77. The van der Waals surface area contributed by atoms with Gasteiger partial charge in [0.05, 0.1) is 6.42 Å². The molecule has 0 radical (unpaired) electrons. The smallest absolute Gasteiger partial charge is 0.304 e. The van der Waals surface area contributed by atoms with Gasteiger partial charge in [0.25, 0.3) is 0 Å². The van der Waals surface area contributed by atoms with Crippen LogP contribution in [0.25, 0.3) is 0 Å². The van der Waals surface area contributed by atoms with Crippen molar-refractivity contribution in [3.63, 3.8) is 0 Å². The maximum absolute atomic E-state index is 10.6. The van der Waals surface area contributed by atoms with Crippen LogP contribution in [-0.2, 0) is 4.79 Å². The van der Waals surface area contributed by atoms with E-state index < -0.39 is 5.97 Å². The number of nitrogens with one attached hydrogen (secondary N) is 1. The predicted octanol–water partition coefficient (Wildman–Crippen LogP) is 2.32. The molecule has 0 bridgehead atoms. The van der Waals surface area contributed by atoms with Gasteiger partial charge in [-0.3, -0.25) is 4.79 Å². The third-order valence-electron chi connectivity index (χ3n) is 2.41. The Morgan fingerprint density at radius 3 is 3.14 bits per heavy atom. The van der Waals surface area contributed by atoms with Gasteiger partial charge in [-0.15, -0.1) is 0 Å². The quantitative estimate of drug-likeness (QED) is 0.790. The number of carboxylic acid groups (broad SMARTS) is 1. The van der Waals surface area contributed by atoms with Crippen molar-refractivity contribution in [1.82, 2.24) is 0 Å². The molecule has 0 aliphatic carbocycles. The molecule has 1 atom stereocenters. The van der Waals surface area contributed by atoms with Crippen LogP contribution in [0.3, 0.4) is 0 Å². The molecule has 2 rings (SSSR count). The average molecular weight is 212 g/mol. The first kappa shape index (κ1) is 9.34. The summed E-state index contributed by atoms with van der Waals surface area (Å²) >= 11 is 5.85. The van der Waals surface area contributed by atoms with E-state index in [0.717, 1.165) is 11.3 Å². The van der Waals surface area contributed by atoms with Gasteiger partial charge >= 0.3 is 5.97 Å². The van der Waals surface area contributed by atoms with Gasteiger partial charge in [-0.2, -0.15) is 0 Å². The molecule has 1 unspecified atom stereocenters. The Bertz CT molecular complexity index is 378. The van der Waals surface area contributed by atoms with Crippen LogP contribution in [0, 0.1) is 0 Å². The molecular formula is C10H10ClNO2. The van der Waals surface area contributed by atoms with Crippen molar-refractivity contribution >= 4 is 23.3 Å². The minimum atomic E-state index is -0.773. The summed E-state index contributed by atoms with van der Waals surface area (Å²) in [7, 11) is 0. The van der Waals surface area contributed by atoms with Gasteiger partial charge in [-0.1, -0.05) is 11.6 Å². The van der Waals surface area contributed by atoms with Crippen LogP contribution in [0.4, 0.5) is 5.69 Å². The Hall–Kier alpha value is -1.22. The van der Waals surface area contributed by atoms with E-state index in [-0.39, 0.29) is 12.3 Å². The molecule has 1 aliphatic rings. The highest BCUT2D eigenvalue weighted by Crippen LogP contribution is 2.35. The Kier molecular flexibility index (Phi) is 2.33. The molecule has 0 saturated carbocycles. The van der Waals surface area contributed by atoms with E-state index in [1.54, 1.807) is 6.07 Å². The van der Waals surface area contributed by atoms with E-state index in [1.807, 2.05) is 12.1 Å². The van der Waals surface area contributed by atoms with Gasteiger partial charge in [0.15, 0.2) is 0 Å². The van der Waals surface area contributed by atoms with Crippen LogP contribution >= 0.6 is 11.6 Å². The van der Waals surface area contributed by atoms with Crippen LogP contribution in [0.15, 0.2) is 18.2 Å². The van der Waals surface area contributed by atoms with Crippen molar-refractivity contribution in [1.29, 1.82) is 0 Å². The minimum absolute atomic E-state index is 0.0428. The van der Waals surface area contributed by atoms with Gasteiger partial charge in [-0.25, -0.2) is 0 Å². The molecule has 1 heterocycles. The molecule has 1 aromatic carbocycles. The summed E-state index contributed by atoms with van der Waals surface area (Å²) in [6.45, 7) is 0.683. The molecule has 0 amide bonds. The minimum Gasteiger partial charge on any atom is -0.481 e. The number of fused-ring (bicyclic) bond motifs is 1. The Morgan fingerprint density at radius 2 is 2.43 bits per heavy atom. The third kappa shape index (κ3) is 1.68. The fraction of sp³-hybridized carbons (Fsp3) is 0.300. The maximum Gasteiger partial charge on any atom is 0.304 e. The Balaban J connectivity index is 2.28. The van der Waals surface area contributed by atoms with E-state index in [0.29, 0.717) is 11.6 Å². The van der Waals surface area contributed by atoms with E-state index in [9.17, 15) is 4.79 Å². The molecule has 2 N–H and O–H groups in total. The molecule has 0 fully saturated rings. The van der Waals surface area contributed by atoms with Crippen molar-refractivity contribution in [2.45, 2.75) is 12.3 Å². The summed E-state index contributed by atoms with van der Waals surface area (Å²) in [6.07, 6.45) is 0.153. The molecule has 3 nitrogen and oxygen atoms in total. The second-order valence-electron chi connectivity index (χ2n) is 3.41. The van der Waals surface area contributed by atoms with Crippen LogP contribution in [-0.4, -0.2) is 17.6 Å². The van der Waals surface area contributed by atoms with Crippen molar-refractivity contribution < 1.29 is 9.90 Å². The second-order valence-corrected chi connectivity index (χ2v) is 3.84. The number of anilines is 1. The number of aliphatic carboxylic acids is 1. The molecule has 1 aromatic rings. The molecule has 74 valence electrons. The van der Waals surface area contributed by atoms with Crippen molar-refractivity contribution in [2.24, 2.45) is 0 Å². The van der Waals surface area contributed by atoms with Gasteiger partial charge in [0, 0.05) is 23.2 Å². The van der Waals surface area contributed by atoms with Crippen molar-refractivity contribution in [3.8, 4) is 0 Å². The predicted molar refractivity (Wildman–Crippen MR) is 54.9 cm³/mol. The number of halogens is 1. The van der Waals surface area contributed by atoms with Crippen LogP contribution in [0.2, 0.25) is 5.02 Å². The highest BCUT2D eigenvalue weighted by molar-refractivity contribution is 6.30. The number of hydrogen-bond donors (Lipinski definition) is 2. The molecule has 1 aliphatic heterocycles. The Morgan fingerprint density at radius 1 is 1.64 bits per heavy atom. The van der Waals surface area contributed by atoms with Gasteiger partial charge in [0.1, 0.15) is 0 Å². The van der Waals surface area contributed by atoms with E-state index in [1.165, 1.54) is 0 Å². The van der Waals surface area contributed by atoms with Crippen LogP contribution in [0.5, 0.6) is 0 Å². The highest BCUT2D eigenvalue weighted by Gasteiger charge is 2.24. The lowest BCUT2D eigenvalue weighted by Gasteiger charge is -2.06. The molecular weight excluding hydrogens is 202 g/mol. The number of benzene rings is 1. The van der Waals surface area contributed by atoms with Crippen molar-refractivity contribution in [3.05, 3.63) is 28.8 Å². The van der Waals surface area contributed by atoms with Gasteiger partial charge < -0.3 is 10.4 Å². The number of carboxylic acids is 1. The lowest BCUT2D eigenvalue weighted by molar-refractivity contribution is -0.137. The van der Waals surface area contributed by atoms with Gasteiger partial charge in [0.2, 0.25) is 0 Å².